The Bertz CT molecular complexity index is 1020. The van der Waals surface area contributed by atoms with E-state index in [4.69, 9.17) is 4.74 Å². The van der Waals surface area contributed by atoms with Gasteiger partial charge in [-0.05, 0) is 44.0 Å². The molecule has 0 radical (unpaired) electrons. The van der Waals surface area contributed by atoms with Crippen LogP contribution in [0.15, 0.2) is 54.6 Å². The SMILES string of the molecule is CC(C)(C)OC(=O)N1CCN(C(=O)/C=C/c2cccc(C(F)(F)F)c2-c2ccccc2)CC1. The van der Waals surface area contributed by atoms with Gasteiger partial charge < -0.3 is 14.5 Å². The number of carbonyl (C=O) groups is 2. The molecule has 176 valence electrons. The molecular formula is C25H27F3N2O3. The molecule has 0 unspecified atom stereocenters. The van der Waals surface area contributed by atoms with Crippen molar-refractivity contribution in [3.63, 3.8) is 0 Å². The summed E-state index contributed by atoms with van der Waals surface area (Å²) in [6, 6.07) is 12.2. The molecule has 2 amide bonds. The fourth-order valence-electron chi connectivity index (χ4n) is 3.57. The first kappa shape index (κ1) is 24.4. The van der Waals surface area contributed by atoms with Crippen molar-refractivity contribution in [3.05, 3.63) is 65.7 Å². The van der Waals surface area contributed by atoms with Crippen molar-refractivity contribution in [2.45, 2.75) is 32.5 Å². The number of amides is 2. The molecule has 0 aliphatic carbocycles. The average molecular weight is 460 g/mol. The molecule has 0 bridgehead atoms. The summed E-state index contributed by atoms with van der Waals surface area (Å²) in [5.74, 6) is -0.324. The van der Waals surface area contributed by atoms with E-state index < -0.39 is 23.4 Å². The van der Waals surface area contributed by atoms with Gasteiger partial charge in [-0.3, -0.25) is 4.79 Å². The molecule has 2 aromatic rings. The molecule has 0 aromatic heterocycles. The van der Waals surface area contributed by atoms with Crippen LogP contribution in [0.1, 0.15) is 31.9 Å². The van der Waals surface area contributed by atoms with Gasteiger partial charge in [-0.25, -0.2) is 4.79 Å². The average Bonchev–Trinajstić information content (AvgIpc) is 2.76. The molecule has 3 rings (SSSR count). The number of halogens is 3. The van der Waals surface area contributed by atoms with Gasteiger partial charge in [0.05, 0.1) is 5.56 Å². The highest BCUT2D eigenvalue weighted by molar-refractivity contribution is 5.93. The number of carbonyl (C=O) groups excluding carboxylic acids is 2. The first-order valence-corrected chi connectivity index (χ1v) is 10.7. The normalized spacial score (nSPS) is 15.1. The van der Waals surface area contributed by atoms with Crippen molar-refractivity contribution < 1.29 is 27.5 Å². The molecule has 0 spiro atoms. The third-order valence-electron chi connectivity index (χ3n) is 5.11. The zero-order valence-electron chi connectivity index (χ0n) is 18.9. The minimum atomic E-state index is -4.53. The number of nitrogens with zero attached hydrogens (tertiary/aromatic N) is 2. The van der Waals surface area contributed by atoms with Gasteiger partial charge in [0, 0.05) is 37.8 Å². The van der Waals surface area contributed by atoms with E-state index in [0.29, 0.717) is 37.3 Å². The van der Waals surface area contributed by atoms with Crippen molar-refractivity contribution in [1.82, 2.24) is 9.80 Å². The Morgan fingerprint density at radius 1 is 0.879 bits per heavy atom. The van der Waals surface area contributed by atoms with E-state index >= 15 is 0 Å². The summed E-state index contributed by atoms with van der Waals surface area (Å²) in [6.07, 6.45) is -2.26. The maximum absolute atomic E-state index is 13.7. The van der Waals surface area contributed by atoms with E-state index in [1.165, 1.54) is 18.2 Å². The molecule has 0 atom stereocenters. The number of alkyl halides is 3. The summed E-state index contributed by atoms with van der Waals surface area (Å²) in [7, 11) is 0. The highest BCUT2D eigenvalue weighted by atomic mass is 19.4. The highest BCUT2D eigenvalue weighted by Gasteiger charge is 2.34. The molecule has 5 nitrogen and oxygen atoms in total. The van der Waals surface area contributed by atoms with Gasteiger partial charge in [0.15, 0.2) is 0 Å². The lowest BCUT2D eigenvalue weighted by atomic mass is 9.93. The van der Waals surface area contributed by atoms with Crippen molar-refractivity contribution >= 4 is 18.1 Å². The van der Waals surface area contributed by atoms with Crippen LogP contribution in [0.2, 0.25) is 0 Å². The second-order valence-corrected chi connectivity index (χ2v) is 8.76. The van der Waals surface area contributed by atoms with Crippen molar-refractivity contribution in [3.8, 4) is 11.1 Å². The fourth-order valence-corrected chi connectivity index (χ4v) is 3.57. The van der Waals surface area contributed by atoms with Crippen LogP contribution < -0.4 is 0 Å². The third kappa shape index (κ3) is 6.37. The molecule has 8 heteroatoms. The molecule has 2 aromatic carbocycles. The van der Waals surface area contributed by atoms with E-state index in [-0.39, 0.29) is 11.5 Å². The quantitative estimate of drug-likeness (QED) is 0.571. The number of hydrogen-bond acceptors (Lipinski definition) is 3. The predicted octanol–water partition coefficient (Wildman–Crippen LogP) is 5.46. The summed E-state index contributed by atoms with van der Waals surface area (Å²) < 4.78 is 46.4. The first-order chi connectivity index (χ1) is 15.5. The minimum Gasteiger partial charge on any atom is -0.444 e. The second kappa shape index (κ2) is 9.68. The molecule has 33 heavy (non-hydrogen) atoms. The van der Waals surface area contributed by atoms with Crippen molar-refractivity contribution in [1.29, 1.82) is 0 Å². The van der Waals surface area contributed by atoms with E-state index in [9.17, 15) is 22.8 Å². The smallest absolute Gasteiger partial charge is 0.417 e. The summed E-state index contributed by atoms with van der Waals surface area (Å²) in [4.78, 5) is 28.0. The number of ether oxygens (including phenoxy) is 1. The van der Waals surface area contributed by atoms with Gasteiger partial charge in [0.1, 0.15) is 5.60 Å². The largest absolute Gasteiger partial charge is 0.444 e. The lowest BCUT2D eigenvalue weighted by Crippen LogP contribution is -2.51. The Morgan fingerprint density at radius 3 is 2.06 bits per heavy atom. The Kier molecular flexibility index (Phi) is 7.15. The molecule has 1 aliphatic heterocycles. The fraction of sp³-hybridized carbons (Fsp3) is 0.360. The molecule has 1 heterocycles. The van der Waals surface area contributed by atoms with Crippen LogP contribution in [0, 0.1) is 0 Å². The lowest BCUT2D eigenvalue weighted by molar-refractivity contribution is -0.137. The van der Waals surface area contributed by atoms with Crippen molar-refractivity contribution in [2.24, 2.45) is 0 Å². The van der Waals surface area contributed by atoms with Crippen LogP contribution >= 0.6 is 0 Å². The van der Waals surface area contributed by atoms with Gasteiger partial charge in [-0.2, -0.15) is 13.2 Å². The van der Waals surface area contributed by atoms with Gasteiger partial charge in [0.25, 0.3) is 0 Å². The first-order valence-electron chi connectivity index (χ1n) is 10.7. The van der Waals surface area contributed by atoms with Crippen LogP contribution in [0.3, 0.4) is 0 Å². The van der Waals surface area contributed by atoms with Crippen LogP contribution in [0.4, 0.5) is 18.0 Å². The molecule has 0 N–H and O–H groups in total. The Hall–Kier alpha value is -3.29. The monoisotopic (exact) mass is 460 g/mol. The predicted molar refractivity (Wildman–Crippen MR) is 120 cm³/mol. The molecule has 1 fully saturated rings. The number of rotatable bonds is 3. The number of benzene rings is 2. The highest BCUT2D eigenvalue weighted by Crippen LogP contribution is 2.39. The number of piperazine rings is 1. The van der Waals surface area contributed by atoms with Crippen LogP contribution in [-0.4, -0.2) is 53.6 Å². The molecule has 0 saturated carbocycles. The Morgan fingerprint density at radius 2 is 1.48 bits per heavy atom. The molecule has 1 aliphatic rings. The lowest BCUT2D eigenvalue weighted by Gasteiger charge is -2.35. The van der Waals surface area contributed by atoms with E-state index in [0.717, 1.165) is 6.07 Å². The zero-order chi connectivity index (χ0) is 24.2. The van der Waals surface area contributed by atoms with Crippen molar-refractivity contribution in [2.75, 3.05) is 26.2 Å². The van der Waals surface area contributed by atoms with Gasteiger partial charge in [-0.15, -0.1) is 0 Å². The molecular weight excluding hydrogens is 433 g/mol. The summed E-state index contributed by atoms with van der Waals surface area (Å²) in [5, 5.41) is 0. The maximum Gasteiger partial charge on any atom is 0.417 e. The zero-order valence-corrected chi connectivity index (χ0v) is 18.9. The Balaban J connectivity index is 1.75. The van der Waals surface area contributed by atoms with Gasteiger partial charge in [-0.1, -0.05) is 42.5 Å². The minimum absolute atomic E-state index is 0.0318. The Labute approximate surface area is 191 Å². The van der Waals surface area contributed by atoms with Crippen LogP contribution in [-0.2, 0) is 15.7 Å². The van der Waals surface area contributed by atoms with E-state index in [1.54, 1.807) is 67.0 Å². The second-order valence-electron chi connectivity index (χ2n) is 8.76. The van der Waals surface area contributed by atoms with Crippen LogP contribution in [0.25, 0.3) is 17.2 Å². The summed E-state index contributed by atoms with van der Waals surface area (Å²) in [5.41, 5.74) is -0.604. The van der Waals surface area contributed by atoms with E-state index in [1.807, 2.05) is 0 Å². The van der Waals surface area contributed by atoms with Crippen LogP contribution in [0.5, 0.6) is 0 Å². The number of hydrogen-bond donors (Lipinski definition) is 0. The topological polar surface area (TPSA) is 49.9 Å². The third-order valence-corrected chi connectivity index (χ3v) is 5.11. The standard InChI is InChI=1S/C25H27F3N2O3/c1-24(2,3)33-23(32)30-16-14-29(15-17-30)21(31)13-12-19-10-7-11-20(25(26,27)28)22(19)18-8-5-4-6-9-18/h4-13H,14-17H2,1-3H3/b13-12+. The summed E-state index contributed by atoms with van der Waals surface area (Å²) in [6.45, 7) is 6.64. The molecule has 1 saturated heterocycles. The summed E-state index contributed by atoms with van der Waals surface area (Å²) >= 11 is 0. The van der Waals surface area contributed by atoms with Gasteiger partial charge >= 0.3 is 12.3 Å². The van der Waals surface area contributed by atoms with E-state index in [2.05, 4.69) is 0 Å². The maximum atomic E-state index is 13.7. The van der Waals surface area contributed by atoms with Gasteiger partial charge in [0.2, 0.25) is 5.91 Å².